The van der Waals surface area contributed by atoms with Gasteiger partial charge in [0.2, 0.25) is 0 Å². The molecule has 0 saturated carbocycles. The van der Waals surface area contributed by atoms with Gasteiger partial charge < -0.3 is 4.42 Å². The SMILES string of the molecule is [2H]c1c([2H])c([2H])c(-c2c3ccccc3c(-c3c([2H])c([2H])c4c(oc5c([2H])c([2H])c([2H])c([2H])c54)c3-c3ccccc3)c3ccccc23)c(-c2ccccc2)c1[2H]. The normalized spacial score (nSPS) is 14.7. The second-order valence-corrected chi connectivity index (χ2v) is 10.8. The lowest BCUT2D eigenvalue weighted by atomic mass is 9.82. The molecule has 1 nitrogen and oxygen atoms in total. The summed E-state index contributed by atoms with van der Waals surface area (Å²) >= 11 is 0. The Kier molecular flexibility index (Phi) is 4.01. The smallest absolute Gasteiger partial charge is 0.143 e. The summed E-state index contributed by atoms with van der Waals surface area (Å²) in [6, 6.07) is 30.3. The Balaban J connectivity index is 1.52. The zero-order valence-corrected chi connectivity index (χ0v) is 23.8. The summed E-state index contributed by atoms with van der Waals surface area (Å²) in [7, 11) is 0. The fourth-order valence-electron chi connectivity index (χ4n) is 6.47. The van der Waals surface area contributed by atoms with Crippen molar-refractivity contribution in [3.8, 4) is 44.5 Å². The lowest BCUT2D eigenvalue weighted by Crippen LogP contribution is -1.94. The van der Waals surface area contributed by atoms with E-state index < -0.39 is 12.1 Å². The van der Waals surface area contributed by atoms with Crippen LogP contribution in [0.15, 0.2) is 174 Å². The van der Waals surface area contributed by atoms with Crippen molar-refractivity contribution in [2.75, 3.05) is 0 Å². The molecular formula is C44H28O. The van der Waals surface area contributed by atoms with E-state index in [-0.39, 0.29) is 70.3 Å². The molecule has 0 saturated heterocycles. The van der Waals surface area contributed by atoms with Gasteiger partial charge >= 0.3 is 0 Å². The lowest BCUT2D eigenvalue weighted by Gasteiger charge is -2.21. The van der Waals surface area contributed by atoms with Crippen molar-refractivity contribution in [3.63, 3.8) is 0 Å². The van der Waals surface area contributed by atoms with Gasteiger partial charge in [-0.1, -0.05) is 158 Å². The second kappa shape index (κ2) is 10.4. The zero-order chi connectivity index (χ0) is 38.4. The number of fused-ring (bicyclic) bond motifs is 5. The maximum Gasteiger partial charge on any atom is 0.143 e. The van der Waals surface area contributed by atoms with Crippen LogP contribution in [0.1, 0.15) is 13.7 Å². The predicted molar refractivity (Wildman–Crippen MR) is 190 cm³/mol. The molecule has 0 fully saturated rings. The first kappa shape index (κ1) is 17.4. The van der Waals surface area contributed by atoms with Gasteiger partial charge in [0.25, 0.3) is 0 Å². The summed E-state index contributed by atoms with van der Waals surface area (Å²) in [5.41, 5.74) is 4.01. The molecule has 0 aliphatic carbocycles. The number of furan rings is 1. The van der Waals surface area contributed by atoms with Gasteiger partial charge in [-0.2, -0.15) is 0 Å². The van der Waals surface area contributed by atoms with Crippen molar-refractivity contribution in [1.29, 1.82) is 0 Å². The molecule has 45 heavy (non-hydrogen) atoms. The summed E-state index contributed by atoms with van der Waals surface area (Å²) in [5, 5.41) is 2.80. The zero-order valence-electron chi connectivity index (χ0n) is 33.8. The molecule has 0 unspecified atom stereocenters. The molecule has 0 aliphatic heterocycles. The summed E-state index contributed by atoms with van der Waals surface area (Å²) < 4.78 is 95.7. The van der Waals surface area contributed by atoms with E-state index in [9.17, 15) is 4.11 Å². The fraction of sp³-hybridized carbons (Fsp3) is 0. The summed E-state index contributed by atoms with van der Waals surface area (Å²) in [6.07, 6.45) is 0. The van der Waals surface area contributed by atoms with Gasteiger partial charge in [0.05, 0.1) is 13.7 Å². The molecule has 9 rings (SSSR count). The summed E-state index contributed by atoms with van der Waals surface area (Å²) in [6.45, 7) is 0. The molecule has 0 amide bonds. The van der Waals surface area contributed by atoms with Crippen LogP contribution < -0.4 is 0 Å². The van der Waals surface area contributed by atoms with Crippen LogP contribution in [0.2, 0.25) is 0 Å². The number of para-hydroxylation sites is 1. The third-order valence-electron chi connectivity index (χ3n) is 8.37. The quantitative estimate of drug-likeness (QED) is 0.188. The van der Waals surface area contributed by atoms with E-state index in [1.807, 2.05) is 109 Å². The summed E-state index contributed by atoms with van der Waals surface area (Å²) in [5.74, 6) is 0. The fourth-order valence-corrected chi connectivity index (χ4v) is 6.47. The maximum absolute atomic E-state index is 9.75. The molecule has 0 radical (unpaired) electrons. The number of rotatable bonds is 4. The Bertz CT molecular complexity index is 3030. The Morgan fingerprint density at radius 1 is 0.356 bits per heavy atom. The van der Waals surface area contributed by atoms with Crippen LogP contribution in [0.4, 0.5) is 0 Å². The molecule has 0 aliphatic rings. The Hall–Kier alpha value is -5.92. The average Bonchev–Trinajstić information content (AvgIpc) is 3.62. The predicted octanol–water partition coefficient (Wildman–Crippen LogP) is 12.6. The Morgan fingerprint density at radius 2 is 0.867 bits per heavy atom. The van der Waals surface area contributed by atoms with Crippen molar-refractivity contribution >= 4 is 43.5 Å². The highest BCUT2D eigenvalue weighted by Crippen LogP contribution is 2.49. The Labute approximate surface area is 275 Å². The van der Waals surface area contributed by atoms with E-state index in [0.29, 0.717) is 66.1 Å². The van der Waals surface area contributed by atoms with E-state index in [1.165, 1.54) is 0 Å². The van der Waals surface area contributed by atoms with Crippen molar-refractivity contribution in [1.82, 2.24) is 0 Å². The highest BCUT2D eigenvalue weighted by Gasteiger charge is 2.23. The molecule has 0 atom stereocenters. The largest absolute Gasteiger partial charge is 0.455 e. The monoisotopic (exact) mass is 582 g/mol. The van der Waals surface area contributed by atoms with Crippen LogP contribution in [0, 0.1) is 0 Å². The standard InChI is InChI=1S/C44H28O/c1-3-15-29(16-4-1)31-19-7-8-21-33(31)42-34-22-9-11-24-36(34)43(37-25-12-10-23-35(37)42)39-28-27-38-32-20-13-14-26-40(32)45-44(38)41(39)30-17-5-2-6-18-30/h1-28H/i7D,8D,13D,14D,19D,20D,21D,26D,27D,28D. The van der Waals surface area contributed by atoms with E-state index in [1.54, 1.807) is 0 Å². The van der Waals surface area contributed by atoms with Gasteiger partial charge in [0.1, 0.15) is 11.2 Å². The van der Waals surface area contributed by atoms with Crippen LogP contribution in [-0.2, 0) is 0 Å². The van der Waals surface area contributed by atoms with Crippen molar-refractivity contribution in [2.45, 2.75) is 0 Å². The minimum atomic E-state index is -0.461. The van der Waals surface area contributed by atoms with Crippen LogP contribution in [-0.4, -0.2) is 0 Å². The third-order valence-corrected chi connectivity index (χ3v) is 8.37. The van der Waals surface area contributed by atoms with Crippen LogP contribution in [0.3, 0.4) is 0 Å². The molecule has 1 heteroatoms. The van der Waals surface area contributed by atoms with E-state index >= 15 is 0 Å². The highest BCUT2D eigenvalue weighted by atomic mass is 16.3. The summed E-state index contributed by atoms with van der Waals surface area (Å²) in [4.78, 5) is 0. The van der Waals surface area contributed by atoms with Gasteiger partial charge in [0, 0.05) is 16.3 Å². The van der Waals surface area contributed by atoms with Crippen molar-refractivity contribution in [3.05, 3.63) is 170 Å². The maximum atomic E-state index is 9.75. The molecule has 0 bridgehead atoms. The molecular weight excluding hydrogens is 544 g/mol. The number of hydrogen-bond donors (Lipinski definition) is 0. The van der Waals surface area contributed by atoms with Gasteiger partial charge in [-0.05, 0) is 72.6 Å². The van der Waals surface area contributed by atoms with E-state index in [2.05, 4.69) is 0 Å². The molecule has 1 heterocycles. The number of benzene rings is 8. The van der Waals surface area contributed by atoms with Crippen LogP contribution >= 0.6 is 0 Å². The minimum absolute atomic E-state index is 0.0416. The van der Waals surface area contributed by atoms with E-state index in [4.69, 9.17) is 14.0 Å². The van der Waals surface area contributed by atoms with Crippen molar-refractivity contribution < 1.29 is 18.1 Å². The first-order valence-corrected chi connectivity index (χ1v) is 14.6. The van der Waals surface area contributed by atoms with Crippen molar-refractivity contribution in [2.24, 2.45) is 0 Å². The number of hydrogen-bond acceptors (Lipinski definition) is 1. The van der Waals surface area contributed by atoms with Gasteiger partial charge in [-0.3, -0.25) is 0 Å². The van der Waals surface area contributed by atoms with Gasteiger partial charge in [-0.15, -0.1) is 0 Å². The van der Waals surface area contributed by atoms with Gasteiger partial charge in [-0.25, -0.2) is 0 Å². The van der Waals surface area contributed by atoms with Crippen LogP contribution in [0.25, 0.3) is 88.0 Å². The molecule has 0 N–H and O–H groups in total. The molecule has 8 aromatic carbocycles. The molecule has 210 valence electrons. The molecule has 0 spiro atoms. The average molecular weight is 583 g/mol. The van der Waals surface area contributed by atoms with Gasteiger partial charge in [0.15, 0.2) is 0 Å². The third kappa shape index (κ3) is 4.02. The van der Waals surface area contributed by atoms with Crippen LogP contribution in [0.5, 0.6) is 0 Å². The minimum Gasteiger partial charge on any atom is -0.455 e. The molecule has 9 aromatic rings. The first-order chi connectivity index (χ1) is 26.5. The topological polar surface area (TPSA) is 13.1 Å². The second-order valence-electron chi connectivity index (χ2n) is 10.8. The Morgan fingerprint density at radius 3 is 1.51 bits per heavy atom. The van der Waals surface area contributed by atoms with E-state index in [0.717, 1.165) is 0 Å². The lowest BCUT2D eigenvalue weighted by molar-refractivity contribution is 0.670. The highest BCUT2D eigenvalue weighted by molar-refractivity contribution is 6.25. The molecule has 1 aromatic heterocycles. The first-order valence-electron chi connectivity index (χ1n) is 19.6.